The van der Waals surface area contributed by atoms with E-state index >= 15 is 0 Å². The maximum atomic E-state index is 5.74. The first kappa shape index (κ1) is 11.3. The summed E-state index contributed by atoms with van der Waals surface area (Å²) in [6.45, 7) is 2.61. The third kappa shape index (κ3) is 1.78. The van der Waals surface area contributed by atoms with Gasteiger partial charge in [-0.15, -0.1) is 0 Å². The van der Waals surface area contributed by atoms with Gasteiger partial charge in [0.25, 0.3) is 0 Å². The zero-order valence-electron chi connectivity index (χ0n) is 10.6. The third-order valence-electron chi connectivity index (χ3n) is 3.28. The third-order valence-corrected chi connectivity index (χ3v) is 3.28. The van der Waals surface area contributed by atoms with Crippen molar-refractivity contribution in [3.05, 3.63) is 47.2 Å². The van der Waals surface area contributed by atoms with Crippen LogP contribution in [0.3, 0.4) is 0 Å². The minimum atomic E-state index is 0.00972. The molecule has 0 saturated carbocycles. The normalized spacial score (nSPS) is 15.2. The monoisotopic (exact) mass is 244 g/mol. The number of aromatic nitrogens is 1. The van der Waals surface area contributed by atoms with Gasteiger partial charge in [-0.1, -0.05) is 18.2 Å². The van der Waals surface area contributed by atoms with E-state index in [1.54, 1.807) is 6.26 Å². The Kier molecular flexibility index (Phi) is 2.80. The van der Waals surface area contributed by atoms with Gasteiger partial charge in [-0.3, -0.25) is 0 Å². The Bertz CT molecular complexity index is 563. The first-order valence-corrected chi connectivity index (χ1v) is 6.13. The van der Waals surface area contributed by atoms with Crippen molar-refractivity contribution in [3.8, 4) is 5.75 Å². The predicted molar refractivity (Wildman–Crippen MR) is 67.8 cm³/mol. The number of benzene rings is 1. The maximum absolute atomic E-state index is 5.74. The Balaban J connectivity index is 2.05. The summed E-state index contributed by atoms with van der Waals surface area (Å²) >= 11 is 0. The van der Waals surface area contributed by atoms with Crippen LogP contribution in [-0.2, 0) is 6.42 Å². The molecule has 1 N–H and O–H groups in total. The van der Waals surface area contributed by atoms with E-state index in [4.69, 9.17) is 9.15 Å². The highest BCUT2D eigenvalue weighted by Crippen LogP contribution is 2.35. The Morgan fingerprint density at radius 3 is 3.00 bits per heavy atom. The average Bonchev–Trinajstić information content (AvgIpc) is 2.99. The molecule has 4 heteroatoms. The van der Waals surface area contributed by atoms with Crippen LogP contribution in [0.2, 0.25) is 0 Å². The lowest BCUT2D eigenvalue weighted by Gasteiger charge is -2.16. The number of hydrogen-bond donors (Lipinski definition) is 1. The van der Waals surface area contributed by atoms with Crippen LogP contribution in [0.5, 0.6) is 5.75 Å². The van der Waals surface area contributed by atoms with E-state index < -0.39 is 0 Å². The molecule has 0 spiro atoms. The van der Waals surface area contributed by atoms with Crippen LogP contribution in [0.25, 0.3) is 0 Å². The Labute approximate surface area is 106 Å². The van der Waals surface area contributed by atoms with Crippen LogP contribution in [-0.4, -0.2) is 18.6 Å². The van der Waals surface area contributed by atoms with Crippen molar-refractivity contribution in [2.75, 3.05) is 13.7 Å². The van der Waals surface area contributed by atoms with Gasteiger partial charge in [-0.25, -0.2) is 4.98 Å². The zero-order valence-corrected chi connectivity index (χ0v) is 10.6. The molecule has 0 radical (unpaired) electrons. The summed E-state index contributed by atoms with van der Waals surface area (Å²) in [6.07, 6.45) is 2.68. The van der Waals surface area contributed by atoms with E-state index in [0.29, 0.717) is 5.89 Å². The predicted octanol–water partition coefficient (Wildman–Crippen LogP) is 2.23. The molecular formula is C14H16N2O2. The largest absolute Gasteiger partial charge is 0.493 e. The molecule has 18 heavy (non-hydrogen) atoms. The number of hydrogen-bond acceptors (Lipinski definition) is 4. The van der Waals surface area contributed by atoms with Crippen molar-refractivity contribution < 1.29 is 9.15 Å². The highest BCUT2D eigenvalue weighted by Gasteiger charge is 2.24. The molecular weight excluding hydrogens is 228 g/mol. The molecule has 4 nitrogen and oxygen atoms in total. The first-order valence-electron chi connectivity index (χ1n) is 6.13. The van der Waals surface area contributed by atoms with Crippen molar-refractivity contribution in [2.24, 2.45) is 0 Å². The number of oxazole rings is 1. The summed E-state index contributed by atoms with van der Waals surface area (Å²) in [5.74, 6) is 1.68. The number of aryl methyl sites for hydroxylation is 1. The second kappa shape index (κ2) is 4.46. The summed E-state index contributed by atoms with van der Waals surface area (Å²) < 4.78 is 11.0. The summed E-state index contributed by atoms with van der Waals surface area (Å²) in [5.41, 5.74) is 3.28. The minimum Gasteiger partial charge on any atom is -0.493 e. The molecule has 0 aliphatic carbocycles. The average molecular weight is 244 g/mol. The van der Waals surface area contributed by atoms with E-state index in [9.17, 15) is 0 Å². The summed E-state index contributed by atoms with van der Waals surface area (Å²) in [4.78, 5) is 4.40. The molecule has 1 aliphatic rings. The molecule has 94 valence electrons. The molecule has 0 bridgehead atoms. The van der Waals surface area contributed by atoms with Gasteiger partial charge in [0.1, 0.15) is 17.7 Å². The molecule has 1 aromatic heterocycles. The number of para-hydroxylation sites is 1. The molecule has 0 saturated heterocycles. The number of nitrogens with zero attached hydrogens (tertiary/aromatic N) is 1. The smallest absolute Gasteiger partial charge is 0.191 e. The highest BCUT2D eigenvalue weighted by atomic mass is 16.5. The van der Waals surface area contributed by atoms with E-state index in [2.05, 4.69) is 28.5 Å². The van der Waals surface area contributed by atoms with Crippen molar-refractivity contribution in [1.82, 2.24) is 10.3 Å². The Hall–Kier alpha value is -1.81. The standard InChI is InChI=1S/C14H16N2O2/c1-9-16-12(8-18-9)13(15-2)11-5-3-4-10-6-7-17-14(10)11/h3-5,8,13,15H,6-7H2,1-2H3. The fraction of sp³-hybridized carbons (Fsp3) is 0.357. The number of fused-ring (bicyclic) bond motifs is 1. The number of ether oxygens (including phenoxy) is 1. The van der Waals surface area contributed by atoms with E-state index in [1.165, 1.54) is 5.56 Å². The number of rotatable bonds is 3. The quantitative estimate of drug-likeness (QED) is 0.899. The molecule has 3 rings (SSSR count). The van der Waals surface area contributed by atoms with Gasteiger partial charge in [-0.2, -0.15) is 0 Å². The molecule has 1 aliphatic heterocycles. The lowest BCUT2D eigenvalue weighted by Crippen LogP contribution is -2.18. The molecule has 2 heterocycles. The summed E-state index contributed by atoms with van der Waals surface area (Å²) in [5, 5.41) is 3.28. The van der Waals surface area contributed by atoms with Crippen LogP contribution < -0.4 is 10.1 Å². The van der Waals surface area contributed by atoms with E-state index in [1.807, 2.05) is 14.0 Å². The van der Waals surface area contributed by atoms with Crippen LogP contribution >= 0.6 is 0 Å². The maximum Gasteiger partial charge on any atom is 0.191 e. The second-order valence-electron chi connectivity index (χ2n) is 4.45. The Morgan fingerprint density at radius 1 is 1.39 bits per heavy atom. The van der Waals surface area contributed by atoms with Gasteiger partial charge < -0.3 is 14.5 Å². The van der Waals surface area contributed by atoms with Crippen molar-refractivity contribution in [1.29, 1.82) is 0 Å². The zero-order chi connectivity index (χ0) is 12.5. The SMILES string of the molecule is CNC(c1coc(C)n1)c1cccc2c1OCC2. The van der Waals surface area contributed by atoms with Crippen LogP contribution in [0.15, 0.2) is 28.9 Å². The van der Waals surface area contributed by atoms with Gasteiger partial charge in [0.05, 0.1) is 12.6 Å². The number of nitrogens with one attached hydrogen (secondary N) is 1. The van der Waals surface area contributed by atoms with Crippen LogP contribution in [0.1, 0.15) is 28.8 Å². The van der Waals surface area contributed by atoms with Gasteiger partial charge in [-0.05, 0) is 12.6 Å². The fourth-order valence-electron chi connectivity index (χ4n) is 2.44. The molecule has 1 atom stereocenters. The fourth-order valence-corrected chi connectivity index (χ4v) is 2.44. The van der Waals surface area contributed by atoms with E-state index in [-0.39, 0.29) is 6.04 Å². The second-order valence-corrected chi connectivity index (χ2v) is 4.45. The lowest BCUT2D eigenvalue weighted by atomic mass is 10.00. The first-order chi connectivity index (χ1) is 8.79. The summed E-state index contributed by atoms with van der Waals surface area (Å²) in [7, 11) is 1.92. The van der Waals surface area contributed by atoms with Crippen LogP contribution in [0, 0.1) is 6.92 Å². The lowest BCUT2D eigenvalue weighted by molar-refractivity contribution is 0.351. The highest BCUT2D eigenvalue weighted by molar-refractivity contribution is 5.47. The minimum absolute atomic E-state index is 0.00972. The van der Waals surface area contributed by atoms with Gasteiger partial charge in [0.15, 0.2) is 5.89 Å². The van der Waals surface area contributed by atoms with Crippen LogP contribution in [0.4, 0.5) is 0 Å². The Morgan fingerprint density at radius 2 is 2.28 bits per heavy atom. The van der Waals surface area contributed by atoms with Gasteiger partial charge >= 0.3 is 0 Å². The molecule has 1 unspecified atom stereocenters. The van der Waals surface area contributed by atoms with Crippen molar-refractivity contribution in [2.45, 2.75) is 19.4 Å². The summed E-state index contributed by atoms with van der Waals surface area (Å²) in [6, 6.07) is 6.28. The molecule has 2 aromatic rings. The topological polar surface area (TPSA) is 47.3 Å². The van der Waals surface area contributed by atoms with Gasteiger partial charge in [0.2, 0.25) is 0 Å². The van der Waals surface area contributed by atoms with E-state index in [0.717, 1.165) is 30.0 Å². The van der Waals surface area contributed by atoms with Gasteiger partial charge in [0, 0.05) is 18.9 Å². The van der Waals surface area contributed by atoms with Crippen molar-refractivity contribution >= 4 is 0 Å². The molecule has 1 aromatic carbocycles. The molecule has 0 fully saturated rings. The molecule has 0 amide bonds. The van der Waals surface area contributed by atoms with Crippen molar-refractivity contribution in [3.63, 3.8) is 0 Å².